The Bertz CT molecular complexity index is 968. The molecular weight excluding hydrogens is 436 g/mol. The van der Waals surface area contributed by atoms with Crippen molar-refractivity contribution in [2.75, 3.05) is 11.9 Å². The summed E-state index contributed by atoms with van der Waals surface area (Å²) >= 11 is 9.22. The monoisotopic (exact) mass is 448 g/mol. The molecule has 0 saturated heterocycles. The highest BCUT2D eigenvalue weighted by atomic mass is 79.9. The van der Waals surface area contributed by atoms with Gasteiger partial charge in [-0.1, -0.05) is 44.8 Å². The molecule has 0 unspecified atom stereocenters. The number of halogens is 2. The van der Waals surface area contributed by atoms with E-state index in [1.807, 2.05) is 0 Å². The third-order valence-electron chi connectivity index (χ3n) is 3.62. The zero-order valence-electron chi connectivity index (χ0n) is 14.2. The van der Waals surface area contributed by atoms with Gasteiger partial charge < -0.3 is 9.26 Å². The zero-order chi connectivity index (χ0) is 19.4. The second-order valence-corrected chi connectivity index (χ2v) is 6.78. The molecule has 0 aliphatic carbocycles. The average molecular weight is 450 g/mol. The van der Waals surface area contributed by atoms with Crippen molar-refractivity contribution < 1.29 is 18.8 Å². The molecule has 138 valence electrons. The van der Waals surface area contributed by atoms with Gasteiger partial charge in [0.05, 0.1) is 6.61 Å². The molecule has 1 aromatic heterocycles. The van der Waals surface area contributed by atoms with Crippen LogP contribution in [0.15, 0.2) is 57.5 Å². The normalized spacial score (nSPS) is 10.5. The number of hydrogen-bond donors (Lipinski definition) is 1. The molecule has 0 saturated carbocycles. The minimum absolute atomic E-state index is 0.0460. The Labute approximate surface area is 168 Å². The third-order valence-corrected chi connectivity index (χ3v) is 4.40. The average Bonchev–Trinajstić information content (AvgIpc) is 3.06. The predicted molar refractivity (Wildman–Crippen MR) is 105 cm³/mol. The van der Waals surface area contributed by atoms with Crippen molar-refractivity contribution >= 4 is 45.3 Å². The maximum absolute atomic E-state index is 12.5. The summed E-state index contributed by atoms with van der Waals surface area (Å²) in [6.07, 6.45) is 0. The molecule has 8 heteroatoms. The molecule has 0 radical (unpaired) electrons. The largest absolute Gasteiger partial charge is 0.462 e. The van der Waals surface area contributed by atoms with E-state index in [1.165, 1.54) is 0 Å². The van der Waals surface area contributed by atoms with Gasteiger partial charge in [0, 0.05) is 20.6 Å². The number of nitrogens with one attached hydrogen (secondary N) is 1. The standard InChI is InChI=1S/C19H14BrClN2O4/c1-2-26-19(25)15-16(11-5-9-14(21)10-6-11)23-27-18(15)22-17(24)12-3-7-13(20)8-4-12/h3-10H,2H2,1H3,(H,22,24). The van der Waals surface area contributed by atoms with Crippen LogP contribution in [-0.2, 0) is 4.74 Å². The fourth-order valence-electron chi connectivity index (χ4n) is 2.35. The van der Waals surface area contributed by atoms with Gasteiger partial charge in [-0.05, 0) is 43.3 Å². The van der Waals surface area contributed by atoms with E-state index in [2.05, 4.69) is 26.4 Å². The van der Waals surface area contributed by atoms with E-state index in [0.29, 0.717) is 16.1 Å². The maximum atomic E-state index is 12.5. The molecule has 1 N–H and O–H groups in total. The predicted octanol–water partition coefficient (Wildman–Crippen LogP) is 5.19. The first-order valence-electron chi connectivity index (χ1n) is 7.99. The number of rotatable bonds is 5. The Kier molecular flexibility index (Phi) is 5.93. The van der Waals surface area contributed by atoms with Crippen LogP contribution >= 0.6 is 27.5 Å². The summed E-state index contributed by atoms with van der Waals surface area (Å²) in [7, 11) is 0. The Morgan fingerprint density at radius 2 is 1.81 bits per heavy atom. The summed E-state index contributed by atoms with van der Waals surface area (Å²) in [4.78, 5) is 24.9. The number of carbonyl (C=O) groups excluding carboxylic acids is 2. The van der Waals surface area contributed by atoms with Gasteiger partial charge in [0.2, 0.25) is 5.88 Å². The van der Waals surface area contributed by atoms with Gasteiger partial charge in [-0.2, -0.15) is 0 Å². The van der Waals surface area contributed by atoms with E-state index in [1.54, 1.807) is 55.5 Å². The van der Waals surface area contributed by atoms with Gasteiger partial charge in [0.1, 0.15) is 5.69 Å². The Balaban J connectivity index is 1.97. The second kappa shape index (κ2) is 8.37. The van der Waals surface area contributed by atoms with Crippen LogP contribution in [0.5, 0.6) is 0 Å². The molecule has 0 bridgehead atoms. The Hall–Kier alpha value is -2.64. The molecule has 2 aromatic carbocycles. The quantitative estimate of drug-likeness (QED) is 0.542. The van der Waals surface area contributed by atoms with Gasteiger partial charge in [-0.25, -0.2) is 4.79 Å². The molecule has 3 aromatic rings. The minimum atomic E-state index is -0.644. The van der Waals surface area contributed by atoms with Gasteiger partial charge >= 0.3 is 5.97 Å². The first kappa shape index (κ1) is 19.1. The lowest BCUT2D eigenvalue weighted by Gasteiger charge is -2.06. The Morgan fingerprint density at radius 3 is 2.44 bits per heavy atom. The molecule has 6 nitrogen and oxygen atoms in total. The van der Waals surface area contributed by atoms with Gasteiger partial charge in [-0.15, -0.1) is 0 Å². The fraction of sp³-hybridized carbons (Fsp3) is 0.105. The van der Waals surface area contributed by atoms with Crippen LogP contribution in [-0.4, -0.2) is 23.6 Å². The van der Waals surface area contributed by atoms with Crippen molar-refractivity contribution in [3.05, 3.63) is 69.2 Å². The Morgan fingerprint density at radius 1 is 1.15 bits per heavy atom. The van der Waals surface area contributed by atoms with Crippen LogP contribution in [0.3, 0.4) is 0 Å². The van der Waals surface area contributed by atoms with Gasteiger partial charge in [0.25, 0.3) is 5.91 Å². The molecule has 0 atom stereocenters. The van der Waals surface area contributed by atoms with Crippen LogP contribution in [0.2, 0.25) is 5.02 Å². The number of anilines is 1. The van der Waals surface area contributed by atoms with Crippen LogP contribution in [0.4, 0.5) is 5.88 Å². The van der Waals surface area contributed by atoms with Crippen molar-refractivity contribution in [1.82, 2.24) is 5.16 Å². The third kappa shape index (κ3) is 4.37. The lowest BCUT2D eigenvalue weighted by Crippen LogP contribution is -2.15. The summed E-state index contributed by atoms with van der Waals surface area (Å²) in [5, 5.41) is 7.06. The molecule has 27 heavy (non-hydrogen) atoms. The van der Waals surface area contributed by atoms with E-state index < -0.39 is 11.9 Å². The number of carbonyl (C=O) groups is 2. The van der Waals surface area contributed by atoms with Crippen molar-refractivity contribution in [3.63, 3.8) is 0 Å². The lowest BCUT2D eigenvalue weighted by molar-refractivity contribution is 0.0528. The first-order valence-corrected chi connectivity index (χ1v) is 9.16. The number of ether oxygens (including phenoxy) is 1. The van der Waals surface area contributed by atoms with Crippen LogP contribution in [0.25, 0.3) is 11.3 Å². The number of aromatic nitrogens is 1. The molecule has 0 aliphatic rings. The van der Waals surface area contributed by atoms with Crippen LogP contribution in [0, 0.1) is 0 Å². The number of esters is 1. The molecule has 0 spiro atoms. The maximum Gasteiger partial charge on any atom is 0.346 e. The number of hydrogen-bond acceptors (Lipinski definition) is 5. The van der Waals surface area contributed by atoms with Crippen molar-refractivity contribution in [1.29, 1.82) is 0 Å². The van der Waals surface area contributed by atoms with Crippen molar-refractivity contribution in [2.24, 2.45) is 0 Å². The van der Waals surface area contributed by atoms with E-state index in [0.717, 1.165) is 4.47 Å². The minimum Gasteiger partial charge on any atom is -0.462 e. The zero-order valence-corrected chi connectivity index (χ0v) is 16.5. The first-order chi connectivity index (χ1) is 13.0. The molecule has 1 heterocycles. The van der Waals surface area contributed by atoms with Crippen molar-refractivity contribution in [2.45, 2.75) is 6.92 Å². The van der Waals surface area contributed by atoms with E-state index >= 15 is 0 Å². The molecule has 1 amide bonds. The second-order valence-electron chi connectivity index (χ2n) is 5.42. The van der Waals surface area contributed by atoms with Crippen LogP contribution < -0.4 is 5.32 Å². The highest BCUT2D eigenvalue weighted by Gasteiger charge is 2.27. The highest BCUT2D eigenvalue weighted by molar-refractivity contribution is 9.10. The lowest BCUT2D eigenvalue weighted by atomic mass is 10.1. The molecular formula is C19H14BrClN2O4. The van der Waals surface area contributed by atoms with E-state index in [4.69, 9.17) is 20.9 Å². The smallest absolute Gasteiger partial charge is 0.346 e. The van der Waals surface area contributed by atoms with E-state index in [9.17, 15) is 9.59 Å². The molecule has 0 fully saturated rings. The summed E-state index contributed by atoms with van der Waals surface area (Å²) in [6.45, 7) is 1.86. The topological polar surface area (TPSA) is 81.4 Å². The van der Waals surface area contributed by atoms with Crippen molar-refractivity contribution in [3.8, 4) is 11.3 Å². The van der Waals surface area contributed by atoms with Crippen LogP contribution in [0.1, 0.15) is 27.6 Å². The molecule has 0 aliphatic heterocycles. The van der Waals surface area contributed by atoms with Gasteiger partial charge in [-0.3, -0.25) is 10.1 Å². The summed E-state index contributed by atoms with van der Waals surface area (Å²) in [5.41, 5.74) is 1.31. The number of nitrogens with zero attached hydrogens (tertiary/aromatic N) is 1. The summed E-state index contributed by atoms with van der Waals surface area (Å²) in [6, 6.07) is 13.5. The van der Waals surface area contributed by atoms with Gasteiger partial charge in [0.15, 0.2) is 5.56 Å². The molecule has 3 rings (SSSR count). The summed E-state index contributed by atoms with van der Waals surface area (Å²) in [5.74, 6) is -1.16. The number of amides is 1. The SMILES string of the molecule is CCOC(=O)c1c(-c2ccc(Cl)cc2)noc1NC(=O)c1ccc(Br)cc1. The summed E-state index contributed by atoms with van der Waals surface area (Å²) < 4.78 is 11.2. The highest BCUT2D eigenvalue weighted by Crippen LogP contribution is 2.30. The number of benzene rings is 2. The van der Waals surface area contributed by atoms with E-state index in [-0.39, 0.29) is 23.7 Å². The fourth-order valence-corrected chi connectivity index (χ4v) is 2.74.